The van der Waals surface area contributed by atoms with Crippen molar-refractivity contribution in [2.45, 2.75) is 25.3 Å². The molecule has 0 radical (unpaired) electrons. The van der Waals surface area contributed by atoms with E-state index in [0.717, 1.165) is 36.1 Å². The number of hydrogen-bond acceptors (Lipinski definition) is 2. The van der Waals surface area contributed by atoms with Crippen LogP contribution in [-0.2, 0) is 6.42 Å². The Morgan fingerprint density at radius 1 is 1.32 bits per heavy atom. The van der Waals surface area contributed by atoms with Crippen molar-refractivity contribution in [3.8, 4) is 11.3 Å². The topological polar surface area (TPSA) is 40.7 Å². The SMILES string of the molecule is Clc1ccc(-c2cnc(CCNC3CC3)[nH]2)c(Cl)c1. The number of halogens is 2. The van der Waals surface area contributed by atoms with Gasteiger partial charge >= 0.3 is 0 Å². The number of rotatable bonds is 5. The summed E-state index contributed by atoms with van der Waals surface area (Å²) in [6.45, 7) is 0.964. The summed E-state index contributed by atoms with van der Waals surface area (Å²) in [5, 5.41) is 4.75. The lowest BCUT2D eigenvalue weighted by atomic mass is 10.2. The molecule has 0 spiro atoms. The lowest BCUT2D eigenvalue weighted by Crippen LogP contribution is -2.19. The number of nitrogens with zero attached hydrogens (tertiary/aromatic N) is 1. The van der Waals surface area contributed by atoms with Crippen molar-refractivity contribution < 1.29 is 0 Å². The van der Waals surface area contributed by atoms with Crippen molar-refractivity contribution in [3.05, 3.63) is 40.3 Å². The number of imidazole rings is 1. The van der Waals surface area contributed by atoms with Gasteiger partial charge in [0.15, 0.2) is 0 Å². The molecule has 1 aliphatic carbocycles. The fourth-order valence-electron chi connectivity index (χ4n) is 2.02. The van der Waals surface area contributed by atoms with Crippen molar-refractivity contribution in [1.82, 2.24) is 15.3 Å². The van der Waals surface area contributed by atoms with Crippen LogP contribution in [0.4, 0.5) is 0 Å². The van der Waals surface area contributed by atoms with E-state index in [0.29, 0.717) is 10.0 Å². The standard InChI is InChI=1S/C14H15Cl2N3/c15-9-1-4-11(12(16)7-9)13-8-18-14(19-13)5-6-17-10-2-3-10/h1,4,7-8,10,17H,2-3,5-6H2,(H,18,19). The van der Waals surface area contributed by atoms with Crippen LogP contribution >= 0.6 is 23.2 Å². The Hall–Kier alpha value is -1.03. The van der Waals surface area contributed by atoms with Gasteiger partial charge in [-0.3, -0.25) is 0 Å². The minimum absolute atomic E-state index is 0.638. The third-order valence-corrected chi connectivity index (χ3v) is 3.77. The Morgan fingerprint density at radius 3 is 2.89 bits per heavy atom. The fraction of sp³-hybridized carbons (Fsp3) is 0.357. The zero-order chi connectivity index (χ0) is 13.2. The number of aromatic amines is 1. The molecule has 3 rings (SSSR count). The molecule has 1 aliphatic rings. The van der Waals surface area contributed by atoms with E-state index in [1.165, 1.54) is 12.8 Å². The molecule has 5 heteroatoms. The maximum Gasteiger partial charge on any atom is 0.107 e. The van der Waals surface area contributed by atoms with Gasteiger partial charge in [-0.05, 0) is 31.0 Å². The second-order valence-corrected chi connectivity index (χ2v) is 5.69. The molecule has 2 aromatic rings. The molecule has 0 aliphatic heterocycles. The van der Waals surface area contributed by atoms with E-state index in [9.17, 15) is 0 Å². The summed E-state index contributed by atoms with van der Waals surface area (Å²) in [5.41, 5.74) is 1.86. The predicted molar refractivity (Wildman–Crippen MR) is 78.8 cm³/mol. The van der Waals surface area contributed by atoms with Crippen LogP contribution < -0.4 is 5.32 Å². The molecule has 0 unspecified atom stereocenters. The van der Waals surface area contributed by atoms with Crippen LogP contribution in [0.5, 0.6) is 0 Å². The number of hydrogen-bond donors (Lipinski definition) is 2. The number of H-pyrrole nitrogens is 1. The molecule has 1 aromatic carbocycles. The van der Waals surface area contributed by atoms with Gasteiger partial charge in [-0.25, -0.2) is 4.98 Å². The second kappa shape index (κ2) is 5.53. The van der Waals surface area contributed by atoms with Crippen molar-refractivity contribution >= 4 is 23.2 Å². The van der Waals surface area contributed by atoms with Crippen molar-refractivity contribution in [1.29, 1.82) is 0 Å². The lowest BCUT2D eigenvalue weighted by molar-refractivity contribution is 0.669. The summed E-state index contributed by atoms with van der Waals surface area (Å²) >= 11 is 12.1. The average Bonchev–Trinajstić information content (AvgIpc) is 3.07. The lowest BCUT2D eigenvalue weighted by Gasteiger charge is -2.02. The van der Waals surface area contributed by atoms with Gasteiger partial charge in [-0.2, -0.15) is 0 Å². The highest BCUT2D eigenvalue weighted by molar-refractivity contribution is 6.36. The molecule has 1 fully saturated rings. The summed E-state index contributed by atoms with van der Waals surface area (Å²) in [7, 11) is 0. The Labute approximate surface area is 122 Å². The number of nitrogens with one attached hydrogen (secondary N) is 2. The molecule has 1 heterocycles. The van der Waals surface area contributed by atoms with Gasteiger partial charge in [0.05, 0.1) is 16.9 Å². The first-order valence-corrected chi connectivity index (χ1v) is 7.20. The molecule has 1 saturated carbocycles. The van der Waals surface area contributed by atoms with Gasteiger partial charge in [0.25, 0.3) is 0 Å². The third-order valence-electron chi connectivity index (χ3n) is 3.22. The quantitative estimate of drug-likeness (QED) is 0.883. The summed E-state index contributed by atoms with van der Waals surface area (Å²) in [5.74, 6) is 0.981. The molecular weight excluding hydrogens is 281 g/mol. The highest BCUT2D eigenvalue weighted by atomic mass is 35.5. The van der Waals surface area contributed by atoms with Crippen LogP contribution in [0, 0.1) is 0 Å². The van der Waals surface area contributed by atoms with Crippen LogP contribution in [0.1, 0.15) is 18.7 Å². The first kappa shape index (κ1) is 13.0. The zero-order valence-electron chi connectivity index (χ0n) is 10.4. The maximum atomic E-state index is 6.18. The molecule has 19 heavy (non-hydrogen) atoms. The van der Waals surface area contributed by atoms with Crippen LogP contribution in [0.15, 0.2) is 24.4 Å². The van der Waals surface area contributed by atoms with Crippen molar-refractivity contribution in [3.63, 3.8) is 0 Å². The van der Waals surface area contributed by atoms with E-state index in [-0.39, 0.29) is 0 Å². The van der Waals surface area contributed by atoms with Gasteiger partial charge in [0.2, 0.25) is 0 Å². The summed E-state index contributed by atoms with van der Waals surface area (Å²) in [6, 6.07) is 6.22. The number of benzene rings is 1. The zero-order valence-corrected chi connectivity index (χ0v) is 11.9. The Bertz CT molecular complexity index is 576. The number of aromatic nitrogens is 2. The van der Waals surface area contributed by atoms with Crippen LogP contribution in [0.3, 0.4) is 0 Å². The first-order valence-electron chi connectivity index (χ1n) is 6.45. The molecule has 3 nitrogen and oxygen atoms in total. The largest absolute Gasteiger partial charge is 0.342 e. The Balaban J connectivity index is 1.68. The van der Waals surface area contributed by atoms with Crippen molar-refractivity contribution in [2.75, 3.05) is 6.54 Å². The highest BCUT2D eigenvalue weighted by Crippen LogP contribution is 2.29. The normalized spacial score (nSPS) is 14.8. The minimum atomic E-state index is 0.638. The van der Waals surface area contributed by atoms with Gasteiger partial charge in [-0.1, -0.05) is 23.2 Å². The summed E-state index contributed by atoms with van der Waals surface area (Å²) in [4.78, 5) is 7.69. The molecule has 0 atom stereocenters. The van der Waals surface area contributed by atoms with E-state index in [1.807, 2.05) is 18.3 Å². The molecular formula is C14H15Cl2N3. The van der Waals surface area contributed by atoms with E-state index in [1.54, 1.807) is 6.07 Å². The molecule has 100 valence electrons. The van der Waals surface area contributed by atoms with Gasteiger partial charge < -0.3 is 10.3 Å². The monoisotopic (exact) mass is 295 g/mol. The molecule has 2 N–H and O–H groups in total. The van der Waals surface area contributed by atoms with Crippen LogP contribution in [0.2, 0.25) is 10.0 Å². The fourth-order valence-corrected chi connectivity index (χ4v) is 2.53. The van der Waals surface area contributed by atoms with Gasteiger partial charge in [-0.15, -0.1) is 0 Å². The van der Waals surface area contributed by atoms with Crippen LogP contribution in [0.25, 0.3) is 11.3 Å². The molecule has 1 aromatic heterocycles. The first-order chi connectivity index (χ1) is 9.22. The third kappa shape index (κ3) is 3.30. The molecule has 0 amide bonds. The average molecular weight is 296 g/mol. The second-order valence-electron chi connectivity index (χ2n) is 4.85. The smallest absolute Gasteiger partial charge is 0.107 e. The summed E-state index contributed by atoms with van der Waals surface area (Å²) in [6.07, 6.45) is 5.34. The Kier molecular flexibility index (Phi) is 3.78. The van der Waals surface area contributed by atoms with Gasteiger partial charge in [0, 0.05) is 29.6 Å². The molecule has 0 bridgehead atoms. The van der Waals surface area contributed by atoms with Crippen molar-refractivity contribution in [2.24, 2.45) is 0 Å². The van der Waals surface area contributed by atoms with Gasteiger partial charge in [0.1, 0.15) is 5.82 Å². The maximum absolute atomic E-state index is 6.18. The van der Waals surface area contributed by atoms with E-state index >= 15 is 0 Å². The highest BCUT2D eigenvalue weighted by Gasteiger charge is 2.19. The molecule has 0 saturated heterocycles. The minimum Gasteiger partial charge on any atom is -0.342 e. The van der Waals surface area contributed by atoms with Crippen LogP contribution in [-0.4, -0.2) is 22.6 Å². The summed E-state index contributed by atoms with van der Waals surface area (Å²) < 4.78 is 0. The predicted octanol–water partition coefficient (Wildman–Crippen LogP) is 3.68. The van der Waals surface area contributed by atoms with E-state index < -0.39 is 0 Å². The van der Waals surface area contributed by atoms with E-state index in [4.69, 9.17) is 23.2 Å². The van der Waals surface area contributed by atoms with E-state index in [2.05, 4.69) is 15.3 Å². The Morgan fingerprint density at radius 2 is 2.16 bits per heavy atom.